The van der Waals surface area contributed by atoms with Crippen LogP contribution in [0.4, 0.5) is 0 Å². The van der Waals surface area contributed by atoms with Crippen LogP contribution in [-0.2, 0) is 9.47 Å². The molecule has 0 radical (unpaired) electrons. The molecule has 0 unspecified atom stereocenters. The van der Waals surface area contributed by atoms with Crippen LogP contribution in [0.2, 0.25) is 0 Å². The van der Waals surface area contributed by atoms with Crippen molar-refractivity contribution in [3.8, 4) is 0 Å². The summed E-state index contributed by atoms with van der Waals surface area (Å²) in [5, 5.41) is 0. The first-order valence-electron chi connectivity index (χ1n) is 8.20. The molecule has 0 atom stereocenters. The number of ether oxygens (including phenoxy) is 2. The standard InChI is InChI=1S/C17H35NO2/c1-16(2,3)15-6-8-17(14-18,9-7-15)10-13-20-12-5-11-19-4/h15H,5-14,18H2,1-4H3. The average Bonchev–Trinajstić information content (AvgIpc) is 2.42. The van der Waals surface area contributed by atoms with Gasteiger partial charge in [0.1, 0.15) is 0 Å². The van der Waals surface area contributed by atoms with Gasteiger partial charge in [0, 0.05) is 26.9 Å². The molecular weight excluding hydrogens is 250 g/mol. The molecule has 1 rings (SSSR count). The van der Waals surface area contributed by atoms with Gasteiger partial charge in [-0.15, -0.1) is 0 Å². The van der Waals surface area contributed by atoms with E-state index in [1.54, 1.807) is 7.11 Å². The van der Waals surface area contributed by atoms with E-state index in [1.807, 2.05) is 0 Å². The Bertz CT molecular complexity index is 252. The van der Waals surface area contributed by atoms with Crippen LogP contribution >= 0.6 is 0 Å². The fourth-order valence-electron chi connectivity index (χ4n) is 3.35. The lowest BCUT2D eigenvalue weighted by Gasteiger charge is -2.43. The molecule has 0 saturated heterocycles. The third-order valence-corrected chi connectivity index (χ3v) is 5.12. The summed E-state index contributed by atoms with van der Waals surface area (Å²) in [6.45, 7) is 10.4. The van der Waals surface area contributed by atoms with Crippen molar-refractivity contribution in [3.63, 3.8) is 0 Å². The van der Waals surface area contributed by atoms with Gasteiger partial charge in [-0.3, -0.25) is 0 Å². The zero-order valence-corrected chi connectivity index (χ0v) is 14.0. The highest BCUT2D eigenvalue weighted by Crippen LogP contribution is 2.46. The summed E-state index contributed by atoms with van der Waals surface area (Å²) < 4.78 is 10.7. The van der Waals surface area contributed by atoms with Crippen molar-refractivity contribution >= 4 is 0 Å². The minimum absolute atomic E-state index is 0.336. The molecule has 1 aliphatic rings. The zero-order chi connectivity index (χ0) is 15.1. The van der Waals surface area contributed by atoms with E-state index in [2.05, 4.69) is 20.8 Å². The minimum Gasteiger partial charge on any atom is -0.385 e. The van der Waals surface area contributed by atoms with Gasteiger partial charge in [-0.05, 0) is 61.8 Å². The van der Waals surface area contributed by atoms with Crippen LogP contribution in [0.1, 0.15) is 59.3 Å². The molecule has 0 amide bonds. The maximum Gasteiger partial charge on any atom is 0.0487 e. The van der Waals surface area contributed by atoms with Crippen molar-refractivity contribution in [2.45, 2.75) is 59.3 Å². The predicted molar refractivity (Wildman–Crippen MR) is 84.8 cm³/mol. The second-order valence-electron chi connectivity index (χ2n) is 7.55. The van der Waals surface area contributed by atoms with E-state index in [0.29, 0.717) is 10.8 Å². The van der Waals surface area contributed by atoms with Gasteiger partial charge < -0.3 is 15.2 Å². The highest BCUT2D eigenvalue weighted by Gasteiger charge is 2.37. The lowest BCUT2D eigenvalue weighted by molar-refractivity contribution is 0.0416. The van der Waals surface area contributed by atoms with Crippen LogP contribution in [0.5, 0.6) is 0 Å². The third kappa shape index (κ3) is 5.71. The third-order valence-electron chi connectivity index (χ3n) is 5.12. The Labute approximate surface area is 125 Å². The molecule has 0 aliphatic heterocycles. The smallest absolute Gasteiger partial charge is 0.0487 e. The number of hydrogen-bond donors (Lipinski definition) is 1. The van der Waals surface area contributed by atoms with Crippen LogP contribution in [0.3, 0.4) is 0 Å². The monoisotopic (exact) mass is 285 g/mol. The Morgan fingerprint density at radius 3 is 2.25 bits per heavy atom. The van der Waals surface area contributed by atoms with Gasteiger partial charge in [-0.1, -0.05) is 20.8 Å². The SMILES string of the molecule is COCCCOCCC1(CN)CCC(C(C)(C)C)CC1. The van der Waals surface area contributed by atoms with Crippen molar-refractivity contribution < 1.29 is 9.47 Å². The van der Waals surface area contributed by atoms with Crippen molar-refractivity contribution in [1.29, 1.82) is 0 Å². The molecular formula is C17H35NO2. The van der Waals surface area contributed by atoms with Gasteiger partial charge in [0.25, 0.3) is 0 Å². The molecule has 3 heteroatoms. The molecule has 0 aromatic heterocycles. The summed E-state index contributed by atoms with van der Waals surface area (Å²) in [6, 6.07) is 0. The number of nitrogens with two attached hydrogens (primary N) is 1. The quantitative estimate of drug-likeness (QED) is 0.693. The highest BCUT2D eigenvalue weighted by molar-refractivity contribution is 4.89. The molecule has 1 fully saturated rings. The van der Waals surface area contributed by atoms with Crippen molar-refractivity contribution in [2.24, 2.45) is 22.5 Å². The maximum atomic E-state index is 6.08. The predicted octanol–water partition coefficient (Wildman–Crippen LogP) is 3.61. The van der Waals surface area contributed by atoms with Crippen molar-refractivity contribution in [1.82, 2.24) is 0 Å². The summed E-state index contributed by atoms with van der Waals surface area (Å²) >= 11 is 0. The first-order chi connectivity index (χ1) is 9.43. The Hall–Kier alpha value is -0.120. The summed E-state index contributed by atoms with van der Waals surface area (Å²) in [7, 11) is 1.73. The number of methoxy groups -OCH3 is 1. The number of hydrogen-bond acceptors (Lipinski definition) is 3. The number of rotatable bonds is 8. The first kappa shape index (κ1) is 17.9. The fraction of sp³-hybridized carbons (Fsp3) is 1.00. The zero-order valence-electron chi connectivity index (χ0n) is 14.0. The minimum atomic E-state index is 0.336. The van der Waals surface area contributed by atoms with E-state index in [1.165, 1.54) is 25.7 Å². The van der Waals surface area contributed by atoms with Crippen LogP contribution in [-0.4, -0.2) is 33.5 Å². The van der Waals surface area contributed by atoms with E-state index in [9.17, 15) is 0 Å². The average molecular weight is 285 g/mol. The van der Waals surface area contributed by atoms with Crippen LogP contribution in [0, 0.1) is 16.7 Å². The van der Waals surface area contributed by atoms with Gasteiger partial charge in [-0.25, -0.2) is 0 Å². The molecule has 0 bridgehead atoms. The maximum absolute atomic E-state index is 6.08. The summed E-state index contributed by atoms with van der Waals surface area (Å²) in [4.78, 5) is 0. The van der Waals surface area contributed by atoms with Gasteiger partial charge in [-0.2, -0.15) is 0 Å². The van der Waals surface area contributed by atoms with Gasteiger partial charge in [0.15, 0.2) is 0 Å². The van der Waals surface area contributed by atoms with Crippen LogP contribution in [0.15, 0.2) is 0 Å². The Balaban J connectivity index is 2.28. The molecule has 0 aromatic rings. The Morgan fingerprint density at radius 1 is 1.10 bits per heavy atom. The van der Waals surface area contributed by atoms with Gasteiger partial charge >= 0.3 is 0 Å². The molecule has 20 heavy (non-hydrogen) atoms. The molecule has 120 valence electrons. The van der Waals surface area contributed by atoms with E-state index < -0.39 is 0 Å². The van der Waals surface area contributed by atoms with Gasteiger partial charge in [0.05, 0.1) is 0 Å². The molecule has 1 aliphatic carbocycles. The second-order valence-corrected chi connectivity index (χ2v) is 7.55. The van der Waals surface area contributed by atoms with Crippen LogP contribution < -0.4 is 5.73 Å². The topological polar surface area (TPSA) is 44.5 Å². The van der Waals surface area contributed by atoms with E-state index in [4.69, 9.17) is 15.2 Å². The highest BCUT2D eigenvalue weighted by atomic mass is 16.5. The lowest BCUT2D eigenvalue weighted by atomic mass is 9.63. The van der Waals surface area contributed by atoms with E-state index in [0.717, 1.165) is 45.1 Å². The first-order valence-corrected chi connectivity index (χ1v) is 8.20. The lowest BCUT2D eigenvalue weighted by Crippen LogP contribution is -2.38. The normalized spacial score (nSPS) is 27.8. The molecule has 2 N–H and O–H groups in total. The van der Waals surface area contributed by atoms with E-state index in [-0.39, 0.29) is 0 Å². The van der Waals surface area contributed by atoms with Crippen LogP contribution in [0.25, 0.3) is 0 Å². The second kappa shape index (κ2) is 8.35. The van der Waals surface area contributed by atoms with E-state index >= 15 is 0 Å². The van der Waals surface area contributed by atoms with Crippen molar-refractivity contribution in [3.05, 3.63) is 0 Å². The molecule has 3 nitrogen and oxygen atoms in total. The molecule has 0 heterocycles. The Kier molecular flexibility index (Phi) is 7.49. The summed E-state index contributed by atoms with van der Waals surface area (Å²) in [6.07, 6.45) is 7.29. The summed E-state index contributed by atoms with van der Waals surface area (Å²) in [5.41, 5.74) is 6.86. The summed E-state index contributed by atoms with van der Waals surface area (Å²) in [5.74, 6) is 0.852. The largest absolute Gasteiger partial charge is 0.385 e. The Morgan fingerprint density at radius 2 is 1.75 bits per heavy atom. The molecule has 0 spiro atoms. The fourth-order valence-corrected chi connectivity index (χ4v) is 3.35. The molecule has 1 saturated carbocycles. The van der Waals surface area contributed by atoms with Gasteiger partial charge in [0.2, 0.25) is 0 Å². The molecule has 0 aromatic carbocycles. The van der Waals surface area contributed by atoms with Crippen molar-refractivity contribution in [2.75, 3.05) is 33.5 Å².